The van der Waals surface area contributed by atoms with Gasteiger partial charge in [-0.3, -0.25) is 0 Å². The van der Waals surface area contributed by atoms with Crippen LogP contribution in [0.5, 0.6) is 0 Å². The molecule has 0 bridgehead atoms. The molecule has 4 heteroatoms. The van der Waals surface area contributed by atoms with Crippen LogP contribution >= 0.6 is 0 Å². The predicted octanol–water partition coefficient (Wildman–Crippen LogP) is 3.79. The van der Waals surface area contributed by atoms with Gasteiger partial charge in [-0.2, -0.15) is 13.2 Å². The second kappa shape index (κ2) is 5.00. The molecule has 0 saturated heterocycles. The van der Waals surface area contributed by atoms with Gasteiger partial charge in [0.15, 0.2) is 0 Å². The Balaban J connectivity index is 2.45. The molecular weight excluding hydrogens is 251 g/mol. The van der Waals surface area contributed by atoms with Crippen LogP contribution in [0.15, 0.2) is 24.4 Å². The maximum atomic E-state index is 13.0. The van der Waals surface area contributed by atoms with Crippen molar-refractivity contribution in [2.75, 3.05) is 0 Å². The van der Waals surface area contributed by atoms with Crippen LogP contribution in [0.3, 0.4) is 0 Å². The highest BCUT2D eigenvalue weighted by atomic mass is 19.4. The van der Waals surface area contributed by atoms with Crippen LogP contribution in [0.25, 0.3) is 5.57 Å². The van der Waals surface area contributed by atoms with Crippen molar-refractivity contribution in [3.05, 3.63) is 41.1 Å². The van der Waals surface area contributed by atoms with Gasteiger partial charge in [0.1, 0.15) is 0 Å². The molecule has 0 spiro atoms. The lowest BCUT2D eigenvalue weighted by Crippen LogP contribution is -2.09. The second-order valence-corrected chi connectivity index (χ2v) is 4.65. The Labute approximate surface area is 110 Å². The molecular formula is C15H14F3N. The first kappa shape index (κ1) is 13.5. The van der Waals surface area contributed by atoms with Crippen LogP contribution in [0, 0.1) is 17.8 Å². The lowest BCUT2D eigenvalue weighted by molar-refractivity contribution is -0.137. The van der Waals surface area contributed by atoms with Gasteiger partial charge in [-0.05, 0) is 49.2 Å². The maximum Gasteiger partial charge on any atom is 0.417 e. The van der Waals surface area contributed by atoms with Crippen LogP contribution in [-0.2, 0) is 6.18 Å². The second-order valence-electron chi connectivity index (χ2n) is 4.65. The van der Waals surface area contributed by atoms with E-state index in [4.69, 9.17) is 5.73 Å². The molecule has 1 saturated carbocycles. The van der Waals surface area contributed by atoms with Gasteiger partial charge in [-0.15, -0.1) is 0 Å². The number of alkyl halides is 3. The van der Waals surface area contributed by atoms with E-state index in [0.717, 1.165) is 18.9 Å². The third-order valence-electron chi connectivity index (χ3n) is 3.00. The maximum absolute atomic E-state index is 13.0. The fourth-order valence-corrected chi connectivity index (χ4v) is 1.70. The van der Waals surface area contributed by atoms with E-state index in [1.54, 1.807) is 13.0 Å². The van der Waals surface area contributed by atoms with Crippen LogP contribution < -0.4 is 5.73 Å². The van der Waals surface area contributed by atoms with Gasteiger partial charge >= 0.3 is 6.18 Å². The molecule has 2 N–H and O–H groups in total. The number of halogens is 3. The summed E-state index contributed by atoms with van der Waals surface area (Å²) in [6.45, 7) is 1.56. The zero-order valence-electron chi connectivity index (χ0n) is 10.5. The lowest BCUT2D eigenvalue weighted by Gasteiger charge is -2.13. The Morgan fingerprint density at radius 3 is 2.58 bits per heavy atom. The minimum Gasteiger partial charge on any atom is -0.404 e. The molecule has 1 aromatic carbocycles. The summed E-state index contributed by atoms with van der Waals surface area (Å²) in [4.78, 5) is 0. The molecule has 0 atom stereocenters. The number of rotatable bonds is 1. The third-order valence-corrected chi connectivity index (χ3v) is 3.00. The molecule has 2 rings (SSSR count). The fourth-order valence-electron chi connectivity index (χ4n) is 1.70. The minimum atomic E-state index is -4.41. The molecule has 0 aliphatic heterocycles. The molecule has 0 unspecified atom stereocenters. The van der Waals surface area contributed by atoms with Crippen molar-refractivity contribution in [1.29, 1.82) is 0 Å². The molecule has 1 fully saturated rings. The lowest BCUT2D eigenvalue weighted by atomic mass is 9.98. The number of hydrogen-bond donors (Lipinski definition) is 1. The Kier molecular flexibility index (Phi) is 3.57. The van der Waals surface area contributed by atoms with E-state index >= 15 is 0 Å². The first-order chi connectivity index (χ1) is 8.91. The van der Waals surface area contributed by atoms with E-state index in [-0.39, 0.29) is 5.56 Å². The Hall–Kier alpha value is -1.89. The smallest absolute Gasteiger partial charge is 0.404 e. The first-order valence-corrected chi connectivity index (χ1v) is 6.03. The topological polar surface area (TPSA) is 26.0 Å². The molecule has 1 aliphatic rings. The summed E-state index contributed by atoms with van der Waals surface area (Å²) in [6, 6.07) is 4.13. The summed E-state index contributed by atoms with van der Waals surface area (Å²) in [5.41, 5.74) is 5.51. The van der Waals surface area contributed by atoms with E-state index in [2.05, 4.69) is 11.8 Å². The van der Waals surface area contributed by atoms with E-state index < -0.39 is 11.7 Å². The summed E-state index contributed by atoms with van der Waals surface area (Å²) in [5, 5.41) is 0. The van der Waals surface area contributed by atoms with Crippen LogP contribution in [0.1, 0.15) is 36.5 Å². The van der Waals surface area contributed by atoms with Gasteiger partial charge in [-0.1, -0.05) is 17.9 Å². The van der Waals surface area contributed by atoms with E-state index in [1.165, 1.54) is 12.3 Å². The molecule has 0 heterocycles. The van der Waals surface area contributed by atoms with Gasteiger partial charge in [0, 0.05) is 11.5 Å². The van der Waals surface area contributed by atoms with Crippen molar-refractivity contribution in [2.24, 2.45) is 11.7 Å². The van der Waals surface area contributed by atoms with Crippen molar-refractivity contribution in [1.82, 2.24) is 0 Å². The minimum absolute atomic E-state index is 0.104. The van der Waals surface area contributed by atoms with Crippen molar-refractivity contribution in [2.45, 2.75) is 25.9 Å². The summed E-state index contributed by atoms with van der Waals surface area (Å²) in [6.07, 6.45) is -1.13. The van der Waals surface area contributed by atoms with Gasteiger partial charge in [0.25, 0.3) is 0 Å². The van der Waals surface area contributed by atoms with E-state index in [0.29, 0.717) is 17.1 Å². The van der Waals surface area contributed by atoms with Gasteiger partial charge in [-0.25, -0.2) is 0 Å². The molecule has 0 aromatic heterocycles. The van der Waals surface area contributed by atoms with Gasteiger partial charge in [0.05, 0.1) is 5.56 Å². The fraction of sp³-hybridized carbons (Fsp3) is 0.333. The van der Waals surface area contributed by atoms with Crippen molar-refractivity contribution < 1.29 is 13.2 Å². The Bertz CT molecular complexity index is 569. The van der Waals surface area contributed by atoms with Crippen LogP contribution in [-0.4, -0.2) is 0 Å². The number of hydrogen-bond acceptors (Lipinski definition) is 1. The Morgan fingerprint density at radius 1 is 1.37 bits per heavy atom. The van der Waals surface area contributed by atoms with E-state index in [1.807, 2.05) is 0 Å². The monoisotopic (exact) mass is 265 g/mol. The van der Waals surface area contributed by atoms with Crippen LogP contribution in [0.2, 0.25) is 0 Å². The van der Waals surface area contributed by atoms with Crippen molar-refractivity contribution in [3.63, 3.8) is 0 Å². The van der Waals surface area contributed by atoms with Crippen LogP contribution in [0.4, 0.5) is 13.2 Å². The molecule has 1 aromatic rings. The highest BCUT2D eigenvalue weighted by Crippen LogP contribution is 2.35. The van der Waals surface area contributed by atoms with E-state index in [9.17, 15) is 13.2 Å². The third kappa shape index (κ3) is 3.31. The zero-order chi connectivity index (χ0) is 14.0. The number of benzene rings is 1. The molecule has 19 heavy (non-hydrogen) atoms. The Morgan fingerprint density at radius 2 is 2.05 bits per heavy atom. The molecule has 1 aliphatic carbocycles. The predicted molar refractivity (Wildman–Crippen MR) is 68.9 cm³/mol. The SMILES string of the molecule is C/C(=C\N)c1ccc(C#CC2CC2)cc1C(F)(F)F. The number of allylic oxidation sites excluding steroid dienone is 1. The average molecular weight is 265 g/mol. The molecule has 0 amide bonds. The molecule has 1 nitrogen and oxygen atoms in total. The largest absolute Gasteiger partial charge is 0.417 e. The van der Waals surface area contributed by atoms with Gasteiger partial charge < -0.3 is 5.73 Å². The summed E-state index contributed by atoms with van der Waals surface area (Å²) in [7, 11) is 0. The van der Waals surface area contributed by atoms with Crippen molar-refractivity contribution >= 4 is 5.57 Å². The van der Waals surface area contributed by atoms with Gasteiger partial charge in [0.2, 0.25) is 0 Å². The summed E-state index contributed by atoms with van der Waals surface area (Å²) >= 11 is 0. The normalized spacial score (nSPS) is 15.9. The molecule has 100 valence electrons. The standard InChI is InChI=1S/C15H14F3N/c1-10(9-19)13-7-6-12(5-4-11-2-3-11)8-14(13)15(16,17)18/h6-9,11H,2-3,19H2,1H3/b10-9+. The molecule has 0 radical (unpaired) electrons. The first-order valence-electron chi connectivity index (χ1n) is 6.03. The summed E-state index contributed by atoms with van der Waals surface area (Å²) in [5.74, 6) is 6.12. The average Bonchev–Trinajstić information content (AvgIpc) is 3.18. The summed E-state index contributed by atoms with van der Waals surface area (Å²) < 4.78 is 39.1. The highest BCUT2D eigenvalue weighted by Gasteiger charge is 2.33. The highest BCUT2D eigenvalue weighted by molar-refractivity contribution is 5.67. The number of nitrogens with two attached hydrogens (primary N) is 1. The van der Waals surface area contributed by atoms with Crippen molar-refractivity contribution in [3.8, 4) is 11.8 Å². The zero-order valence-corrected chi connectivity index (χ0v) is 10.5. The quantitative estimate of drug-likeness (QED) is 0.768.